The van der Waals surface area contributed by atoms with Gasteiger partial charge in [0.2, 0.25) is 5.88 Å². The second-order valence-corrected chi connectivity index (χ2v) is 3.80. The van der Waals surface area contributed by atoms with E-state index in [0.29, 0.717) is 17.1 Å². The minimum atomic E-state index is -1.06. The Hall–Kier alpha value is -2.21. The zero-order chi connectivity index (χ0) is 13.8. The Kier molecular flexibility index (Phi) is 3.91. The van der Waals surface area contributed by atoms with Gasteiger partial charge in [-0.25, -0.2) is 4.39 Å². The van der Waals surface area contributed by atoms with Crippen LogP contribution in [0.1, 0.15) is 17.4 Å². The smallest absolute Gasteiger partial charge is 0.233 e. The molecule has 2 rings (SSSR count). The average molecular weight is 264 g/mol. The number of hydrogen-bond acceptors (Lipinski definition) is 5. The molecule has 1 aromatic heterocycles. The highest BCUT2D eigenvalue weighted by atomic mass is 19.1. The lowest BCUT2D eigenvalue weighted by Gasteiger charge is -2.11. The quantitative estimate of drug-likeness (QED) is 0.910. The molecule has 5 nitrogen and oxygen atoms in total. The zero-order valence-corrected chi connectivity index (χ0v) is 10.5. The lowest BCUT2D eigenvalue weighted by Crippen LogP contribution is -2.05. The highest BCUT2D eigenvalue weighted by molar-refractivity contribution is 5.33. The van der Waals surface area contributed by atoms with Crippen LogP contribution in [-0.4, -0.2) is 29.5 Å². The third-order valence-corrected chi connectivity index (χ3v) is 2.64. The number of hydrogen-bond donors (Lipinski definition) is 1. The van der Waals surface area contributed by atoms with Gasteiger partial charge in [0.1, 0.15) is 6.10 Å². The number of ether oxygens (including phenoxy) is 2. The van der Waals surface area contributed by atoms with E-state index in [1.165, 1.54) is 26.4 Å². The van der Waals surface area contributed by atoms with Gasteiger partial charge in [-0.05, 0) is 23.8 Å². The first-order valence-electron chi connectivity index (χ1n) is 5.55. The Morgan fingerprint density at radius 1 is 1.11 bits per heavy atom. The van der Waals surface area contributed by atoms with E-state index in [2.05, 4.69) is 10.2 Å². The molecule has 1 atom stereocenters. The molecule has 1 heterocycles. The maximum atomic E-state index is 13.6. The van der Waals surface area contributed by atoms with E-state index in [1.54, 1.807) is 18.2 Å². The predicted octanol–water partition coefficient (Wildman–Crippen LogP) is 1.71. The summed E-state index contributed by atoms with van der Waals surface area (Å²) in [4.78, 5) is 0. The van der Waals surface area contributed by atoms with Crippen LogP contribution < -0.4 is 9.47 Å². The Morgan fingerprint density at radius 3 is 2.42 bits per heavy atom. The van der Waals surface area contributed by atoms with Crippen LogP contribution in [0.2, 0.25) is 0 Å². The lowest BCUT2D eigenvalue weighted by molar-refractivity contribution is 0.212. The van der Waals surface area contributed by atoms with Gasteiger partial charge in [-0.1, -0.05) is 6.07 Å². The summed E-state index contributed by atoms with van der Waals surface area (Å²) in [5.74, 6) is -0.0749. The zero-order valence-electron chi connectivity index (χ0n) is 10.5. The van der Waals surface area contributed by atoms with Crippen molar-refractivity contribution < 1.29 is 19.0 Å². The maximum absolute atomic E-state index is 13.6. The van der Waals surface area contributed by atoms with Crippen molar-refractivity contribution in [1.82, 2.24) is 10.2 Å². The fraction of sp³-hybridized carbons (Fsp3) is 0.231. The Morgan fingerprint density at radius 2 is 1.89 bits per heavy atom. The molecule has 0 aliphatic heterocycles. The average Bonchev–Trinajstić information content (AvgIpc) is 2.46. The molecule has 1 aromatic carbocycles. The third-order valence-electron chi connectivity index (χ3n) is 2.64. The monoisotopic (exact) mass is 264 g/mol. The number of halogens is 1. The highest BCUT2D eigenvalue weighted by Crippen LogP contribution is 2.25. The molecule has 0 fully saturated rings. The van der Waals surface area contributed by atoms with Crippen LogP contribution in [0, 0.1) is 5.82 Å². The molecule has 0 saturated carbocycles. The third kappa shape index (κ3) is 2.79. The molecule has 0 aliphatic carbocycles. The van der Waals surface area contributed by atoms with E-state index >= 15 is 0 Å². The van der Waals surface area contributed by atoms with Gasteiger partial charge < -0.3 is 14.6 Å². The van der Waals surface area contributed by atoms with Gasteiger partial charge in [0.05, 0.1) is 19.9 Å². The van der Waals surface area contributed by atoms with Gasteiger partial charge >= 0.3 is 0 Å². The molecule has 0 aliphatic rings. The van der Waals surface area contributed by atoms with E-state index in [0.717, 1.165) is 0 Å². The van der Waals surface area contributed by atoms with Crippen LogP contribution in [-0.2, 0) is 0 Å². The Balaban J connectivity index is 2.27. The van der Waals surface area contributed by atoms with Gasteiger partial charge in [0, 0.05) is 6.07 Å². The molecular formula is C13H13FN2O3. The SMILES string of the molecule is COc1ccc(C(O)c2ccc(OC)c(F)c2)nn1. The van der Waals surface area contributed by atoms with E-state index in [1.807, 2.05) is 0 Å². The van der Waals surface area contributed by atoms with Crippen molar-refractivity contribution in [2.75, 3.05) is 14.2 Å². The highest BCUT2D eigenvalue weighted by Gasteiger charge is 2.15. The van der Waals surface area contributed by atoms with E-state index in [4.69, 9.17) is 9.47 Å². The first kappa shape index (κ1) is 13.2. The van der Waals surface area contributed by atoms with E-state index in [9.17, 15) is 9.50 Å². The topological polar surface area (TPSA) is 64.5 Å². The summed E-state index contributed by atoms with van der Waals surface area (Å²) in [5, 5.41) is 17.7. The minimum Gasteiger partial charge on any atom is -0.494 e. The number of nitrogens with zero attached hydrogens (tertiary/aromatic N) is 2. The van der Waals surface area contributed by atoms with Crippen LogP contribution in [0.4, 0.5) is 4.39 Å². The maximum Gasteiger partial charge on any atom is 0.233 e. The van der Waals surface area contributed by atoms with Gasteiger partial charge in [0.25, 0.3) is 0 Å². The molecule has 0 amide bonds. The molecule has 0 spiro atoms. The van der Waals surface area contributed by atoms with Gasteiger partial charge in [-0.2, -0.15) is 0 Å². The van der Waals surface area contributed by atoms with Gasteiger partial charge in [0.15, 0.2) is 11.6 Å². The van der Waals surface area contributed by atoms with Crippen molar-refractivity contribution in [2.45, 2.75) is 6.10 Å². The predicted molar refractivity (Wildman–Crippen MR) is 65.6 cm³/mol. The summed E-state index contributed by atoms with van der Waals surface area (Å²) in [6.07, 6.45) is -1.06. The van der Waals surface area contributed by atoms with Gasteiger partial charge in [-0.3, -0.25) is 0 Å². The van der Waals surface area contributed by atoms with Crippen LogP contribution >= 0.6 is 0 Å². The van der Waals surface area contributed by atoms with Crippen molar-refractivity contribution in [3.63, 3.8) is 0 Å². The molecule has 1 unspecified atom stereocenters. The number of aliphatic hydroxyl groups is 1. The van der Waals surface area contributed by atoms with Crippen molar-refractivity contribution in [3.05, 3.63) is 47.4 Å². The molecule has 1 N–H and O–H groups in total. The van der Waals surface area contributed by atoms with Crippen LogP contribution in [0.25, 0.3) is 0 Å². The van der Waals surface area contributed by atoms with E-state index in [-0.39, 0.29) is 5.75 Å². The number of aromatic nitrogens is 2. The summed E-state index contributed by atoms with van der Waals surface area (Å²) >= 11 is 0. The molecule has 19 heavy (non-hydrogen) atoms. The molecule has 0 radical (unpaired) electrons. The number of rotatable bonds is 4. The fourth-order valence-electron chi connectivity index (χ4n) is 1.61. The molecular weight excluding hydrogens is 251 g/mol. The fourth-order valence-corrected chi connectivity index (χ4v) is 1.61. The lowest BCUT2D eigenvalue weighted by atomic mass is 10.1. The minimum absolute atomic E-state index is 0.122. The normalized spacial score (nSPS) is 12.0. The summed E-state index contributed by atoms with van der Waals surface area (Å²) in [7, 11) is 2.85. The molecule has 2 aromatic rings. The Bertz CT molecular complexity index is 560. The largest absolute Gasteiger partial charge is 0.494 e. The molecule has 0 saturated heterocycles. The number of methoxy groups -OCH3 is 2. The molecule has 6 heteroatoms. The Labute approximate surface area is 109 Å². The molecule has 0 bridgehead atoms. The standard InChI is InChI=1S/C13H13FN2O3/c1-18-11-5-3-8(7-9(11)14)13(17)10-4-6-12(19-2)16-15-10/h3-7,13,17H,1-2H3. The van der Waals surface area contributed by atoms with Crippen LogP contribution in [0.3, 0.4) is 0 Å². The number of aliphatic hydroxyl groups excluding tert-OH is 1. The van der Waals surface area contributed by atoms with Crippen molar-refractivity contribution in [2.24, 2.45) is 0 Å². The summed E-state index contributed by atoms with van der Waals surface area (Å²) in [5.41, 5.74) is 0.683. The molecule has 100 valence electrons. The van der Waals surface area contributed by atoms with Crippen LogP contribution in [0.15, 0.2) is 30.3 Å². The first-order valence-corrected chi connectivity index (χ1v) is 5.55. The first-order chi connectivity index (χ1) is 9.15. The van der Waals surface area contributed by atoms with Crippen LogP contribution in [0.5, 0.6) is 11.6 Å². The summed E-state index contributed by atoms with van der Waals surface area (Å²) < 4.78 is 23.2. The summed E-state index contributed by atoms with van der Waals surface area (Å²) in [6, 6.07) is 7.36. The summed E-state index contributed by atoms with van der Waals surface area (Å²) in [6.45, 7) is 0. The van der Waals surface area contributed by atoms with Crippen molar-refractivity contribution in [1.29, 1.82) is 0 Å². The van der Waals surface area contributed by atoms with E-state index < -0.39 is 11.9 Å². The van der Waals surface area contributed by atoms with Gasteiger partial charge in [-0.15, -0.1) is 10.2 Å². The number of benzene rings is 1. The second kappa shape index (κ2) is 5.62. The van der Waals surface area contributed by atoms with Crippen molar-refractivity contribution in [3.8, 4) is 11.6 Å². The van der Waals surface area contributed by atoms with Crippen molar-refractivity contribution >= 4 is 0 Å². The second-order valence-electron chi connectivity index (χ2n) is 3.80.